The number of rotatable bonds is 0. The Morgan fingerprint density at radius 1 is 1.50 bits per heavy atom. The fraction of sp³-hybridized carbons (Fsp3) is 1.00. The van der Waals surface area contributed by atoms with Crippen LogP contribution in [0.15, 0.2) is 0 Å². The van der Waals surface area contributed by atoms with Crippen LogP contribution in [0.4, 0.5) is 0 Å². The Morgan fingerprint density at radius 3 is 2.92 bits per heavy atom. The Bertz CT molecular complexity index is 166. The summed E-state index contributed by atoms with van der Waals surface area (Å²) in [5.74, 6) is 0. The van der Waals surface area contributed by atoms with Gasteiger partial charge >= 0.3 is 0 Å². The molecule has 1 spiro atoms. The lowest BCUT2D eigenvalue weighted by Gasteiger charge is -2.41. The summed E-state index contributed by atoms with van der Waals surface area (Å²) < 4.78 is 5.36. The van der Waals surface area contributed by atoms with Crippen molar-refractivity contribution in [2.45, 2.75) is 18.9 Å². The van der Waals surface area contributed by atoms with Crippen LogP contribution in [-0.4, -0.2) is 49.5 Å². The van der Waals surface area contributed by atoms with E-state index in [4.69, 9.17) is 4.74 Å². The molecule has 2 heterocycles. The maximum Gasteiger partial charge on any atom is 0.0746 e. The first-order valence-corrected chi connectivity index (χ1v) is 4.67. The molecule has 0 aromatic heterocycles. The normalized spacial score (nSPS) is 44.0. The average molecular weight is 171 g/mol. The molecule has 0 bridgehead atoms. The predicted octanol–water partition coefficient (Wildman–Crippen LogP) is 0.0895. The minimum absolute atomic E-state index is 0.104. The molecular weight excluding hydrogens is 154 g/mol. The Kier molecular flexibility index (Phi) is 2.10. The third-order valence-electron chi connectivity index (χ3n) is 3.32. The third kappa shape index (κ3) is 1.26. The molecule has 3 heteroatoms. The van der Waals surface area contributed by atoms with Gasteiger partial charge in [-0.25, -0.2) is 0 Å². The maximum atomic E-state index is 9.91. The van der Waals surface area contributed by atoms with Gasteiger partial charge in [-0.15, -0.1) is 0 Å². The molecule has 2 rings (SSSR count). The average Bonchev–Trinajstić information content (AvgIpc) is 2.48. The van der Waals surface area contributed by atoms with Gasteiger partial charge in [0.25, 0.3) is 0 Å². The number of hydrogen-bond donors (Lipinski definition) is 1. The molecule has 2 saturated heterocycles. The van der Waals surface area contributed by atoms with E-state index in [1.165, 1.54) is 0 Å². The van der Waals surface area contributed by atoms with Crippen LogP contribution in [0.2, 0.25) is 0 Å². The summed E-state index contributed by atoms with van der Waals surface area (Å²) in [5, 5.41) is 9.91. The zero-order valence-corrected chi connectivity index (χ0v) is 7.62. The topological polar surface area (TPSA) is 32.7 Å². The highest BCUT2D eigenvalue weighted by atomic mass is 16.5. The van der Waals surface area contributed by atoms with Crippen LogP contribution >= 0.6 is 0 Å². The van der Waals surface area contributed by atoms with E-state index in [0.717, 1.165) is 39.1 Å². The first-order chi connectivity index (χ1) is 5.73. The van der Waals surface area contributed by atoms with Crippen molar-refractivity contribution in [3.63, 3.8) is 0 Å². The van der Waals surface area contributed by atoms with Gasteiger partial charge < -0.3 is 14.7 Å². The first kappa shape index (κ1) is 8.48. The van der Waals surface area contributed by atoms with Gasteiger partial charge in [0.05, 0.1) is 12.7 Å². The summed E-state index contributed by atoms with van der Waals surface area (Å²) in [5.41, 5.74) is 0.104. The molecule has 2 atom stereocenters. The highest BCUT2D eigenvalue weighted by molar-refractivity contribution is 4.94. The van der Waals surface area contributed by atoms with E-state index in [1.54, 1.807) is 0 Å². The van der Waals surface area contributed by atoms with Crippen LogP contribution in [-0.2, 0) is 4.74 Å². The largest absolute Gasteiger partial charge is 0.391 e. The van der Waals surface area contributed by atoms with E-state index in [0.29, 0.717) is 0 Å². The van der Waals surface area contributed by atoms with E-state index in [2.05, 4.69) is 11.9 Å². The second kappa shape index (κ2) is 2.98. The molecule has 2 unspecified atom stereocenters. The van der Waals surface area contributed by atoms with Crippen molar-refractivity contribution in [2.24, 2.45) is 5.41 Å². The van der Waals surface area contributed by atoms with Crippen molar-refractivity contribution in [1.29, 1.82) is 0 Å². The van der Waals surface area contributed by atoms with Gasteiger partial charge in [0.1, 0.15) is 0 Å². The van der Waals surface area contributed by atoms with E-state index < -0.39 is 0 Å². The molecule has 2 aliphatic heterocycles. The zero-order valence-electron chi connectivity index (χ0n) is 7.62. The fourth-order valence-corrected chi connectivity index (χ4v) is 2.24. The van der Waals surface area contributed by atoms with Crippen LogP contribution in [0.25, 0.3) is 0 Å². The first-order valence-electron chi connectivity index (χ1n) is 4.67. The molecule has 0 aliphatic carbocycles. The monoisotopic (exact) mass is 171 g/mol. The van der Waals surface area contributed by atoms with Crippen molar-refractivity contribution < 1.29 is 9.84 Å². The number of β-amino-alcohol motifs (C(OH)–C–C–N with tert-alkyl or cyclic N) is 1. The molecule has 2 fully saturated rings. The second-order valence-electron chi connectivity index (χ2n) is 4.19. The molecule has 0 aromatic rings. The van der Waals surface area contributed by atoms with E-state index in [9.17, 15) is 5.11 Å². The lowest BCUT2D eigenvalue weighted by molar-refractivity contribution is -0.0421. The highest BCUT2D eigenvalue weighted by Crippen LogP contribution is 2.38. The van der Waals surface area contributed by atoms with Gasteiger partial charge in [-0.1, -0.05) is 0 Å². The van der Waals surface area contributed by atoms with Crippen LogP contribution in [0.5, 0.6) is 0 Å². The number of aliphatic hydroxyl groups excluding tert-OH is 1. The van der Waals surface area contributed by atoms with Gasteiger partial charge in [-0.2, -0.15) is 0 Å². The molecule has 0 amide bonds. The lowest BCUT2D eigenvalue weighted by atomic mass is 9.76. The van der Waals surface area contributed by atoms with Crippen molar-refractivity contribution in [2.75, 3.05) is 33.4 Å². The molecule has 3 nitrogen and oxygen atoms in total. The number of likely N-dealkylation sites (tertiary alicyclic amines) is 1. The van der Waals surface area contributed by atoms with Crippen LogP contribution in [0.3, 0.4) is 0 Å². The fourth-order valence-electron chi connectivity index (χ4n) is 2.24. The number of nitrogens with zero attached hydrogens (tertiary/aromatic N) is 1. The van der Waals surface area contributed by atoms with Gasteiger partial charge in [-0.05, 0) is 26.4 Å². The SMILES string of the molecule is CN1CCC2(CCOC2)C(O)C1. The summed E-state index contributed by atoms with van der Waals surface area (Å²) in [7, 11) is 2.06. The van der Waals surface area contributed by atoms with Crippen molar-refractivity contribution in [3.05, 3.63) is 0 Å². The number of piperidine rings is 1. The molecule has 70 valence electrons. The standard InChI is InChI=1S/C9H17NO2/c1-10-4-2-9(8(11)6-10)3-5-12-7-9/h8,11H,2-7H2,1H3. The van der Waals surface area contributed by atoms with Crippen molar-refractivity contribution in [1.82, 2.24) is 4.90 Å². The molecule has 0 saturated carbocycles. The van der Waals surface area contributed by atoms with Gasteiger partial charge in [0, 0.05) is 18.6 Å². The number of ether oxygens (including phenoxy) is 1. The van der Waals surface area contributed by atoms with E-state index >= 15 is 0 Å². The predicted molar refractivity (Wildman–Crippen MR) is 46.0 cm³/mol. The van der Waals surface area contributed by atoms with Crippen molar-refractivity contribution in [3.8, 4) is 0 Å². The molecule has 0 aromatic carbocycles. The maximum absolute atomic E-state index is 9.91. The van der Waals surface area contributed by atoms with E-state index in [-0.39, 0.29) is 11.5 Å². The highest BCUT2D eigenvalue weighted by Gasteiger charge is 2.44. The van der Waals surface area contributed by atoms with Crippen molar-refractivity contribution >= 4 is 0 Å². The third-order valence-corrected chi connectivity index (χ3v) is 3.32. The minimum atomic E-state index is -0.182. The van der Waals surface area contributed by atoms with Gasteiger partial charge in [0.15, 0.2) is 0 Å². The summed E-state index contributed by atoms with van der Waals surface area (Å²) >= 11 is 0. The molecule has 0 radical (unpaired) electrons. The number of likely N-dealkylation sites (N-methyl/N-ethyl adjacent to an activating group) is 1. The van der Waals surface area contributed by atoms with Gasteiger partial charge in [-0.3, -0.25) is 0 Å². The molecule has 1 N–H and O–H groups in total. The second-order valence-corrected chi connectivity index (χ2v) is 4.19. The van der Waals surface area contributed by atoms with E-state index in [1.807, 2.05) is 0 Å². The van der Waals surface area contributed by atoms with Crippen LogP contribution in [0.1, 0.15) is 12.8 Å². The molecule has 2 aliphatic rings. The summed E-state index contributed by atoms with van der Waals surface area (Å²) in [4.78, 5) is 2.19. The van der Waals surface area contributed by atoms with Crippen LogP contribution in [0, 0.1) is 5.41 Å². The quantitative estimate of drug-likeness (QED) is 0.560. The smallest absolute Gasteiger partial charge is 0.0746 e. The zero-order chi connectivity index (χ0) is 8.60. The Labute approximate surface area is 73.3 Å². The number of aliphatic hydroxyl groups is 1. The summed E-state index contributed by atoms with van der Waals surface area (Å²) in [6.45, 7) is 3.51. The lowest BCUT2D eigenvalue weighted by Crippen LogP contribution is -2.49. The number of hydrogen-bond acceptors (Lipinski definition) is 3. The van der Waals surface area contributed by atoms with Crippen LogP contribution < -0.4 is 0 Å². The Morgan fingerprint density at radius 2 is 2.33 bits per heavy atom. The molecule has 12 heavy (non-hydrogen) atoms. The summed E-state index contributed by atoms with van der Waals surface area (Å²) in [6, 6.07) is 0. The minimum Gasteiger partial charge on any atom is -0.391 e. The Balaban J connectivity index is 2.05. The van der Waals surface area contributed by atoms with Gasteiger partial charge in [0.2, 0.25) is 0 Å². The molecular formula is C9H17NO2. The summed E-state index contributed by atoms with van der Waals surface area (Å²) in [6.07, 6.45) is 1.95. The Hall–Kier alpha value is -0.120.